The van der Waals surface area contributed by atoms with Crippen LogP contribution in [0.25, 0.3) is 16.6 Å². The first-order valence-electron chi connectivity index (χ1n) is 10.0. The molecule has 31 heavy (non-hydrogen) atoms. The van der Waals surface area contributed by atoms with E-state index in [0.717, 1.165) is 0 Å². The number of fused-ring (bicyclic) bond motifs is 3. The highest BCUT2D eigenvalue weighted by atomic mass is 19.3. The maximum Gasteiger partial charge on any atom is 0.266 e. The number of benzene rings is 1. The van der Waals surface area contributed by atoms with Gasteiger partial charge in [-0.2, -0.15) is 9.61 Å². The highest BCUT2D eigenvalue weighted by Crippen LogP contribution is 2.38. The van der Waals surface area contributed by atoms with E-state index in [1.54, 1.807) is 35.2 Å². The summed E-state index contributed by atoms with van der Waals surface area (Å²) >= 11 is 0. The third-order valence-corrected chi connectivity index (χ3v) is 5.61. The minimum atomic E-state index is -2.89. The van der Waals surface area contributed by atoms with Crippen molar-refractivity contribution in [2.24, 2.45) is 0 Å². The number of aromatic nitrogens is 6. The summed E-state index contributed by atoms with van der Waals surface area (Å²) < 4.78 is 37.8. The van der Waals surface area contributed by atoms with Gasteiger partial charge in [0.15, 0.2) is 11.5 Å². The summed E-state index contributed by atoms with van der Waals surface area (Å²) in [5, 5.41) is 9.35. The van der Waals surface area contributed by atoms with Gasteiger partial charge in [0.2, 0.25) is 5.95 Å². The number of nitrogen functional groups attached to an aromatic ring is 1. The van der Waals surface area contributed by atoms with Gasteiger partial charge in [0.1, 0.15) is 11.3 Å². The van der Waals surface area contributed by atoms with E-state index < -0.39 is 11.8 Å². The monoisotopic (exact) mass is 428 g/mol. The lowest BCUT2D eigenvalue weighted by Crippen LogP contribution is -2.46. The molecule has 0 saturated carbocycles. The third-order valence-electron chi connectivity index (χ3n) is 5.61. The van der Waals surface area contributed by atoms with Gasteiger partial charge in [-0.3, -0.25) is 4.68 Å². The molecule has 1 saturated heterocycles. The number of rotatable bonds is 4. The van der Waals surface area contributed by atoms with Crippen molar-refractivity contribution in [1.82, 2.24) is 29.4 Å². The molecule has 11 heteroatoms. The lowest BCUT2D eigenvalue weighted by molar-refractivity contribution is -0.0191. The fraction of sp³-hybridized carbons (Fsp3) is 0.400. The first-order valence-corrected chi connectivity index (χ1v) is 10.0. The number of para-hydroxylation sites is 1. The van der Waals surface area contributed by atoms with E-state index in [1.165, 1.54) is 4.52 Å². The van der Waals surface area contributed by atoms with Crippen molar-refractivity contribution in [2.45, 2.75) is 31.7 Å². The summed E-state index contributed by atoms with van der Waals surface area (Å²) in [7, 11) is 1.55. The second kappa shape index (κ2) is 7.03. The van der Waals surface area contributed by atoms with Crippen LogP contribution < -0.4 is 15.4 Å². The molecule has 0 spiro atoms. The Morgan fingerprint density at radius 1 is 1.29 bits per heavy atom. The molecule has 1 fully saturated rings. The molecule has 0 aliphatic carbocycles. The number of methoxy groups -OCH3 is 1. The quantitative estimate of drug-likeness (QED) is 0.534. The normalized spacial score (nSPS) is 18.7. The molecule has 1 aromatic carbocycles. The van der Waals surface area contributed by atoms with Gasteiger partial charge < -0.3 is 15.4 Å². The van der Waals surface area contributed by atoms with Gasteiger partial charge in [-0.25, -0.2) is 18.7 Å². The van der Waals surface area contributed by atoms with Crippen LogP contribution in [-0.2, 0) is 6.54 Å². The molecule has 0 radical (unpaired) electrons. The largest absolute Gasteiger partial charge is 0.494 e. The highest BCUT2D eigenvalue weighted by molar-refractivity contribution is 5.95. The second-order valence-corrected chi connectivity index (χ2v) is 7.72. The molecule has 1 unspecified atom stereocenters. The van der Waals surface area contributed by atoms with Gasteiger partial charge in [-0.1, -0.05) is 6.07 Å². The molecule has 9 nitrogen and oxygen atoms in total. The van der Waals surface area contributed by atoms with E-state index >= 15 is 0 Å². The van der Waals surface area contributed by atoms with Gasteiger partial charge in [0, 0.05) is 37.0 Å². The number of aryl methyl sites for hydroxylation is 1. The zero-order valence-corrected chi connectivity index (χ0v) is 17.2. The fourth-order valence-corrected chi connectivity index (χ4v) is 4.14. The number of hydrogen-bond donors (Lipinski definition) is 1. The van der Waals surface area contributed by atoms with Crippen LogP contribution in [-0.4, -0.2) is 55.5 Å². The van der Waals surface area contributed by atoms with E-state index in [9.17, 15) is 8.78 Å². The molecule has 0 amide bonds. The van der Waals surface area contributed by atoms with Gasteiger partial charge in [-0.05, 0) is 19.1 Å². The minimum absolute atomic E-state index is 0.120. The van der Waals surface area contributed by atoms with Gasteiger partial charge >= 0.3 is 0 Å². The maximum absolute atomic E-state index is 14.7. The van der Waals surface area contributed by atoms with Crippen LogP contribution in [0, 0.1) is 0 Å². The summed E-state index contributed by atoms with van der Waals surface area (Å²) in [5.74, 6) is -2.47. The van der Waals surface area contributed by atoms with E-state index in [4.69, 9.17) is 10.5 Å². The Bertz CT molecular complexity index is 1270. The Balaban J connectivity index is 1.57. The smallest absolute Gasteiger partial charge is 0.266 e. The van der Waals surface area contributed by atoms with Crippen molar-refractivity contribution < 1.29 is 13.5 Å². The van der Waals surface area contributed by atoms with Crippen molar-refractivity contribution in [2.75, 3.05) is 30.8 Å². The van der Waals surface area contributed by atoms with E-state index in [2.05, 4.69) is 20.2 Å². The van der Waals surface area contributed by atoms with Crippen LogP contribution in [0.4, 0.5) is 20.4 Å². The molecule has 0 bridgehead atoms. The zero-order valence-electron chi connectivity index (χ0n) is 17.2. The topological polar surface area (TPSA) is 99.4 Å². The first kappa shape index (κ1) is 19.5. The van der Waals surface area contributed by atoms with Crippen LogP contribution in [0.1, 0.15) is 25.1 Å². The predicted octanol–water partition coefficient (Wildman–Crippen LogP) is 2.71. The molecule has 5 rings (SSSR count). The first-order chi connectivity index (χ1) is 14.9. The summed E-state index contributed by atoms with van der Waals surface area (Å²) in [6, 6.07) is 5.42. The van der Waals surface area contributed by atoms with Crippen molar-refractivity contribution in [3.8, 4) is 5.75 Å². The lowest BCUT2D eigenvalue weighted by Gasteiger charge is -2.37. The summed E-state index contributed by atoms with van der Waals surface area (Å²) in [5.41, 5.74) is 7.78. The Hall–Kier alpha value is -3.50. The molecule has 1 aliphatic heterocycles. The molecular weight excluding hydrogens is 406 g/mol. The van der Waals surface area contributed by atoms with E-state index in [0.29, 0.717) is 46.9 Å². The number of ether oxygens (including phenoxy) is 1. The summed E-state index contributed by atoms with van der Waals surface area (Å²) in [6.07, 6.45) is 3.05. The average Bonchev–Trinajstić information content (AvgIpc) is 3.40. The number of anilines is 2. The Kier molecular flexibility index (Phi) is 4.42. The summed E-state index contributed by atoms with van der Waals surface area (Å²) in [4.78, 5) is 10.6. The molecule has 1 atom stereocenters. The fourth-order valence-electron chi connectivity index (χ4n) is 4.14. The average molecular weight is 428 g/mol. The van der Waals surface area contributed by atoms with Crippen LogP contribution in [0.5, 0.6) is 5.75 Å². The van der Waals surface area contributed by atoms with E-state index in [-0.39, 0.29) is 18.9 Å². The number of halogens is 2. The molecule has 3 aromatic heterocycles. The predicted molar refractivity (Wildman–Crippen MR) is 112 cm³/mol. The maximum atomic E-state index is 14.7. The molecule has 162 valence electrons. The third kappa shape index (κ3) is 3.29. The standard InChI is InChI=1S/C20H22F2N8O/c1-3-29-10-13(8-24-29)28-9-12(7-20(21,22)11-28)17-26-18-14-5-4-6-15(31-2)16(14)25-19(23)30(18)27-17/h4-6,8,10,12H,3,7,9,11H2,1-2H3,(H2,23,25). The number of nitrogens with zero attached hydrogens (tertiary/aromatic N) is 7. The number of hydrogen-bond acceptors (Lipinski definition) is 7. The molecule has 1 aliphatic rings. The van der Waals surface area contributed by atoms with Crippen molar-refractivity contribution in [1.29, 1.82) is 0 Å². The Morgan fingerprint density at radius 2 is 2.13 bits per heavy atom. The highest BCUT2D eigenvalue weighted by Gasteiger charge is 2.42. The molecular formula is C20H22F2N8O. The lowest BCUT2D eigenvalue weighted by atomic mass is 9.94. The second-order valence-electron chi connectivity index (χ2n) is 7.72. The number of piperidine rings is 1. The van der Waals surface area contributed by atoms with Gasteiger partial charge in [-0.15, -0.1) is 5.10 Å². The van der Waals surface area contributed by atoms with Crippen molar-refractivity contribution in [3.63, 3.8) is 0 Å². The van der Waals surface area contributed by atoms with Crippen molar-refractivity contribution >= 4 is 28.2 Å². The molecule has 4 heterocycles. The molecule has 4 aromatic rings. The van der Waals surface area contributed by atoms with Crippen LogP contribution in [0.15, 0.2) is 30.6 Å². The summed E-state index contributed by atoms with van der Waals surface area (Å²) in [6.45, 7) is 2.61. The number of nitrogens with two attached hydrogens (primary N) is 1. The minimum Gasteiger partial charge on any atom is -0.494 e. The zero-order chi connectivity index (χ0) is 21.8. The van der Waals surface area contributed by atoms with Crippen LogP contribution >= 0.6 is 0 Å². The molecule has 2 N–H and O–H groups in total. The van der Waals surface area contributed by atoms with Crippen LogP contribution in [0.3, 0.4) is 0 Å². The van der Waals surface area contributed by atoms with E-state index in [1.807, 2.05) is 19.1 Å². The van der Waals surface area contributed by atoms with Gasteiger partial charge in [0.05, 0.1) is 25.5 Å². The van der Waals surface area contributed by atoms with Crippen molar-refractivity contribution in [3.05, 3.63) is 36.4 Å². The Labute approximate surface area is 176 Å². The Morgan fingerprint density at radius 3 is 2.87 bits per heavy atom. The van der Waals surface area contributed by atoms with Gasteiger partial charge in [0.25, 0.3) is 5.92 Å². The van der Waals surface area contributed by atoms with Crippen LogP contribution in [0.2, 0.25) is 0 Å². The number of alkyl halides is 2. The SMILES string of the molecule is CCn1cc(N2CC(c3nc4c5cccc(OC)c5nc(N)n4n3)CC(F)(F)C2)cn1.